The van der Waals surface area contributed by atoms with E-state index in [1.54, 1.807) is 0 Å². The number of nitrogens with two attached hydrogens (primary N) is 3. The SMILES string of the molecule is CO[C@H]1OC(CO)[C@H](O[C@@H]2OC(CO)C(O[C@H]3OC(CO)[C@H](O)C(O)[C@H]3N)[C@H](O)C2N)C(O)[C@H]1N. The molecule has 15 atom stereocenters. The lowest BCUT2D eigenvalue weighted by Crippen LogP contribution is -2.69. The summed E-state index contributed by atoms with van der Waals surface area (Å²) in [5, 5.41) is 70.4. The summed E-state index contributed by atoms with van der Waals surface area (Å²) < 4.78 is 33.1. The van der Waals surface area contributed by atoms with E-state index in [0.29, 0.717) is 0 Å². The van der Waals surface area contributed by atoms with Crippen LogP contribution in [0.25, 0.3) is 0 Å². The van der Waals surface area contributed by atoms with Crippen molar-refractivity contribution >= 4 is 0 Å². The minimum Gasteiger partial charge on any atom is -0.394 e. The summed E-state index contributed by atoms with van der Waals surface area (Å²) in [6.45, 7) is -1.88. The van der Waals surface area contributed by atoms with Crippen molar-refractivity contribution in [1.82, 2.24) is 0 Å². The maximum absolute atomic E-state index is 10.9. The van der Waals surface area contributed by atoms with Gasteiger partial charge in [0, 0.05) is 7.11 Å². The Morgan fingerprint density at radius 1 is 0.571 bits per heavy atom. The molecule has 0 saturated carbocycles. The topological polar surface area (TPSA) is 275 Å². The summed E-state index contributed by atoms with van der Waals surface area (Å²) >= 11 is 0. The highest BCUT2D eigenvalue weighted by atomic mass is 16.7. The van der Waals surface area contributed by atoms with Crippen molar-refractivity contribution in [2.24, 2.45) is 17.2 Å². The van der Waals surface area contributed by atoms with Gasteiger partial charge in [0.25, 0.3) is 0 Å². The quantitative estimate of drug-likeness (QED) is 0.144. The Bertz CT molecular complexity index is 661. The van der Waals surface area contributed by atoms with Gasteiger partial charge in [-0.2, -0.15) is 0 Å². The molecule has 206 valence electrons. The summed E-state index contributed by atoms with van der Waals surface area (Å²) in [5.41, 5.74) is 17.9. The number of methoxy groups -OCH3 is 1. The third-order valence-corrected chi connectivity index (χ3v) is 6.54. The molecule has 0 aromatic carbocycles. The third-order valence-electron chi connectivity index (χ3n) is 6.54. The van der Waals surface area contributed by atoms with Crippen LogP contribution in [0.3, 0.4) is 0 Å². The van der Waals surface area contributed by atoms with Gasteiger partial charge in [-0.05, 0) is 0 Å². The molecule has 3 heterocycles. The molecule has 35 heavy (non-hydrogen) atoms. The minimum atomic E-state index is -1.53. The summed E-state index contributed by atoms with van der Waals surface area (Å²) in [6.07, 6.45) is -15.7. The van der Waals surface area contributed by atoms with Crippen LogP contribution in [0.15, 0.2) is 0 Å². The highest BCUT2D eigenvalue weighted by Gasteiger charge is 2.52. The largest absolute Gasteiger partial charge is 0.394 e. The van der Waals surface area contributed by atoms with E-state index in [0.717, 1.165) is 0 Å². The van der Waals surface area contributed by atoms with Crippen LogP contribution in [0, 0.1) is 0 Å². The molecular weight excluding hydrogens is 478 g/mol. The van der Waals surface area contributed by atoms with Gasteiger partial charge in [-0.15, -0.1) is 0 Å². The number of aliphatic hydroxyl groups excluding tert-OH is 7. The predicted octanol–water partition coefficient (Wildman–Crippen LogP) is -7.02. The second-order valence-corrected chi connectivity index (χ2v) is 8.81. The first-order valence-corrected chi connectivity index (χ1v) is 11.2. The smallest absolute Gasteiger partial charge is 0.176 e. The lowest BCUT2D eigenvalue weighted by Gasteiger charge is -2.48. The summed E-state index contributed by atoms with van der Waals surface area (Å²) in [7, 11) is 1.32. The highest BCUT2D eigenvalue weighted by molar-refractivity contribution is 4.98. The molecule has 7 unspecified atom stereocenters. The average Bonchev–Trinajstić information content (AvgIpc) is 2.86. The molecule has 13 N–H and O–H groups in total. The minimum absolute atomic E-state index is 0.564. The zero-order valence-corrected chi connectivity index (χ0v) is 19.1. The Hall–Kier alpha value is -0.640. The second-order valence-electron chi connectivity index (χ2n) is 8.81. The predicted molar refractivity (Wildman–Crippen MR) is 112 cm³/mol. The lowest BCUT2D eigenvalue weighted by atomic mass is 9.94. The molecule has 0 aromatic heterocycles. The average molecular weight is 516 g/mol. The Labute approximate surface area is 201 Å². The van der Waals surface area contributed by atoms with E-state index in [9.17, 15) is 35.7 Å². The van der Waals surface area contributed by atoms with E-state index >= 15 is 0 Å². The Balaban J connectivity index is 1.72. The maximum atomic E-state index is 10.9. The Morgan fingerprint density at radius 2 is 0.943 bits per heavy atom. The van der Waals surface area contributed by atoms with Crippen molar-refractivity contribution in [2.75, 3.05) is 26.9 Å². The molecule has 3 aliphatic rings. The number of hydrogen-bond donors (Lipinski definition) is 10. The third kappa shape index (κ3) is 5.78. The molecule has 0 spiro atoms. The van der Waals surface area contributed by atoms with E-state index < -0.39 is 112 Å². The van der Waals surface area contributed by atoms with Crippen LogP contribution in [-0.4, -0.2) is 155 Å². The van der Waals surface area contributed by atoms with Crippen molar-refractivity contribution < 1.29 is 64.2 Å². The van der Waals surface area contributed by atoms with E-state index in [1.807, 2.05) is 0 Å². The van der Waals surface area contributed by atoms with E-state index in [-0.39, 0.29) is 0 Å². The van der Waals surface area contributed by atoms with Gasteiger partial charge in [-0.1, -0.05) is 0 Å². The first-order chi connectivity index (χ1) is 16.6. The molecule has 3 rings (SSSR count). The van der Waals surface area contributed by atoms with Gasteiger partial charge < -0.3 is 81.4 Å². The Morgan fingerprint density at radius 3 is 1.37 bits per heavy atom. The van der Waals surface area contributed by atoms with Gasteiger partial charge in [0.05, 0.1) is 37.9 Å². The van der Waals surface area contributed by atoms with Gasteiger partial charge >= 0.3 is 0 Å². The fraction of sp³-hybridized carbons (Fsp3) is 1.00. The van der Waals surface area contributed by atoms with Crippen molar-refractivity contribution in [3.05, 3.63) is 0 Å². The number of aliphatic hydroxyl groups is 7. The molecule has 3 fully saturated rings. The van der Waals surface area contributed by atoms with Crippen LogP contribution < -0.4 is 17.2 Å². The lowest BCUT2D eigenvalue weighted by molar-refractivity contribution is -0.349. The van der Waals surface area contributed by atoms with Gasteiger partial charge in [0.15, 0.2) is 18.9 Å². The molecule has 16 nitrogen and oxygen atoms in total. The van der Waals surface area contributed by atoms with Crippen molar-refractivity contribution in [2.45, 2.75) is 91.9 Å². The summed E-state index contributed by atoms with van der Waals surface area (Å²) in [4.78, 5) is 0. The zero-order valence-electron chi connectivity index (χ0n) is 19.1. The monoisotopic (exact) mass is 515 g/mol. The molecule has 0 bridgehead atoms. The second kappa shape index (κ2) is 12.3. The molecule has 16 heteroatoms. The molecule has 0 aromatic rings. The molecular formula is C19H37N3O13. The van der Waals surface area contributed by atoms with Crippen LogP contribution in [0.2, 0.25) is 0 Å². The number of hydrogen-bond acceptors (Lipinski definition) is 16. The standard InChI is InChI=1S/C19H37N3O13/c1-30-17-9(21)13(28)15(6(3-24)32-17)35-19-10(22)14(29)16(7(4-25)33-19)34-18-8(20)12(27)11(26)5(2-23)31-18/h5-19,23-29H,2-4,20-22H2,1H3/t5?,6?,7?,8-,9-,10?,11+,12?,13?,14-,15+,16?,17+,18-,19+/m1/s1. The fourth-order valence-electron chi connectivity index (χ4n) is 4.38. The first kappa shape index (κ1) is 28.9. The first-order valence-electron chi connectivity index (χ1n) is 11.2. The van der Waals surface area contributed by atoms with Crippen LogP contribution >= 0.6 is 0 Å². The highest BCUT2D eigenvalue weighted by Crippen LogP contribution is 2.31. The normalized spacial score (nSPS) is 51.3. The van der Waals surface area contributed by atoms with E-state index in [1.165, 1.54) is 7.11 Å². The van der Waals surface area contributed by atoms with Crippen molar-refractivity contribution in [3.63, 3.8) is 0 Å². The van der Waals surface area contributed by atoms with Crippen LogP contribution in [0.1, 0.15) is 0 Å². The van der Waals surface area contributed by atoms with Crippen LogP contribution in [-0.2, 0) is 28.4 Å². The van der Waals surface area contributed by atoms with Gasteiger partial charge in [0.2, 0.25) is 0 Å². The van der Waals surface area contributed by atoms with Gasteiger partial charge in [0.1, 0.15) is 54.9 Å². The van der Waals surface area contributed by atoms with Gasteiger partial charge in [-0.3, -0.25) is 0 Å². The zero-order chi connectivity index (χ0) is 26.0. The number of ether oxygens (including phenoxy) is 6. The maximum Gasteiger partial charge on any atom is 0.176 e. The van der Waals surface area contributed by atoms with Crippen LogP contribution in [0.4, 0.5) is 0 Å². The summed E-state index contributed by atoms with van der Waals surface area (Å²) in [6, 6.07) is -3.59. The van der Waals surface area contributed by atoms with Crippen molar-refractivity contribution in [3.8, 4) is 0 Å². The Kier molecular flexibility index (Phi) is 10.1. The van der Waals surface area contributed by atoms with Crippen molar-refractivity contribution in [1.29, 1.82) is 0 Å². The molecule has 0 amide bonds. The number of rotatable bonds is 8. The van der Waals surface area contributed by atoms with E-state index in [4.69, 9.17) is 45.6 Å². The van der Waals surface area contributed by atoms with Gasteiger partial charge in [-0.25, -0.2) is 0 Å². The van der Waals surface area contributed by atoms with E-state index in [2.05, 4.69) is 0 Å². The molecule has 3 saturated heterocycles. The molecule has 0 radical (unpaired) electrons. The summed E-state index contributed by atoms with van der Waals surface area (Å²) in [5.74, 6) is 0. The fourth-order valence-corrected chi connectivity index (χ4v) is 4.38. The molecule has 0 aliphatic carbocycles. The molecule has 3 aliphatic heterocycles. The van der Waals surface area contributed by atoms with Crippen LogP contribution in [0.5, 0.6) is 0 Å².